The number of halogens is 1. The predicted molar refractivity (Wildman–Crippen MR) is 46.6 cm³/mol. The van der Waals surface area contributed by atoms with Crippen molar-refractivity contribution >= 4 is 13.6 Å². The van der Waals surface area contributed by atoms with Gasteiger partial charge in [0.05, 0.1) is 0 Å². The Labute approximate surface area is 81.5 Å². The number of allylic oxidation sites excluding steroid dienone is 1. The third kappa shape index (κ3) is 15.9. The monoisotopic (exact) mass is 254 g/mol. The summed E-state index contributed by atoms with van der Waals surface area (Å²) in [5.74, 6) is 0. The summed E-state index contributed by atoms with van der Waals surface area (Å²) in [7, 11) is 0. The van der Waals surface area contributed by atoms with Crippen LogP contribution in [-0.4, -0.2) is 0 Å². The van der Waals surface area contributed by atoms with Crippen LogP contribution >= 0.6 is 13.6 Å². The fourth-order valence-electron chi connectivity index (χ4n) is 0.689. The van der Waals surface area contributed by atoms with E-state index >= 15 is 0 Å². The Morgan fingerprint density at radius 1 is 1.30 bits per heavy atom. The Morgan fingerprint density at radius 2 is 1.90 bits per heavy atom. The van der Waals surface area contributed by atoms with Crippen molar-refractivity contribution in [3.63, 3.8) is 0 Å². The third-order valence-electron chi connectivity index (χ3n) is 1.22. The molecule has 0 amide bonds. The molecule has 0 aromatic carbocycles. The average molecular weight is 257 g/mol. The summed E-state index contributed by atoms with van der Waals surface area (Å²) in [6.45, 7) is 7.40. The van der Waals surface area contributed by atoms with Crippen LogP contribution in [0.4, 0.5) is 0 Å². The van der Waals surface area contributed by atoms with Crippen molar-refractivity contribution < 1.29 is 16.3 Å². The van der Waals surface area contributed by atoms with Crippen molar-refractivity contribution in [2.45, 2.75) is 39.0 Å². The molecule has 10 heavy (non-hydrogen) atoms. The van der Waals surface area contributed by atoms with Gasteiger partial charge in [-0.25, -0.2) is 0 Å². The van der Waals surface area contributed by atoms with Crippen LogP contribution < -0.4 is 0 Å². The van der Waals surface area contributed by atoms with Crippen molar-refractivity contribution in [3.05, 3.63) is 12.7 Å². The molecule has 0 saturated heterocycles. The SMILES string of the molecule is [CH-]=CCCCCCC.[Zn+][Br]. The van der Waals surface area contributed by atoms with Gasteiger partial charge in [0, 0.05) is 0 Å². The molecule has 2 heteroatoms. The zero-order valence-electron chi connectivity index (χ0n) is 6.78. The summed E-state index contributed by atoms with van der Waals surface area (Å²) in [6, 6.07) is 0. The molecule has 0 bridgehead atoms. The van der Waals surface area contributed by atoms with Crippen molar-refractivity contribution in [2.24, 2.45) is 0 Å². The normalized spacial score (nSPS) is 8.00. The van der Waals surface area contributed by atoms with Crippen LogP contribution in [0.2, 0.25) is 0 Å². The molecule has 0 aliphatic carbocycles. The number of hydrogen-bond acceptors (Lipinski definition) is 0. The molecule has 0 N–H and O–H groups in total. The molecule has 0 radical (unpaired) electrons. The molecule has 0 nitrogen and oxygen atoms in total. The second-order valence-electron chi connectivity index (χ2n) is 2.09. The van der Waals surface area contributed by atoms with E-state index in [2.05, 4.69) is 20.5 Å². The molecule has 0 saturated carbocycles. The molecule has 0 aromatic rings. The van der Waals surface area contributed by atoms with Crippen LogP contribution in [0.15, 0.2) is 6.08 Å². The van der Waals surface area contributed by atoms with Gasteiger partial charge in [-0.1, -0.05) is 39.0 Å². The first-order valence-corrected chi connectivity index (χ1v) is 10.7. The summed E-state index contributed by atoms with van der Waals surface area (Å²) in [6.07, 6.45) is 8.10. The first-order valence-electron chi connectivity index (χ1n) is 3.72. The molecule has 0 rings (SSSR count). The third-order valence-corrected chi connectivity index (χ3v) is 1.22. The molecule has 0 aromatic heterocycles. The van der Waals surface area contributed by atoms with E-state index in [0.29, 0.717) is 0 Å². The van der Waals surface area contributed by atoms with Gasteiger partial charge in [-0.05, 0) is 0 Å². The van der Waals surface area contributed by atoms with Gasteiger partial charge in [-0.3, -0.25) is 6.08 Å². The van der Waals surface area contributed by atoms with E-state index in [4.69, 9.17) is 6.58 Å². The van der Waals surface area contributed by atoms with E-state index in [-0.39, 0.29) is 0 Å². The summed E-state index contributed by atoms with van der Waals surface area (Å²) in [5.41, 5.74) is 0. The van der Waals surface area contributed by atoms with Crippen LogP contribution in [0, 0.1) is 6.58 Å². The van der Waals surface area contributed by atoms with Crippen molar-refractivity contribution in [2.75, 3.05) is 0 Å². The van der Waals surface area contributed by atoms with E-state index in [1.807, 2.05) is 0 Å². The van der Waals surface area contributed by atoms with Gasteiger partial charge in [-0.15, -0.1) is 0 Å². The van der Waals surface area contributed by atoms with Crippen molar-refractivity contribution in [1.29, 1.82) is 0 Å². The van der Waals surface area contributed by atoms with Gasteiger partial charge in [0.1, 0.15) is 0 Å². The standard InChI is InChI=1S/C8H15.BrH.Zn/c1-3-5-7-8-6-4-2;;/h1,3H,4-8H2,2H3;1H;/q-1;;+2/p-1. The minimum atomic E-state index is 1.08. The molecule has 0 heterocycles. The molecule has 0 atom stereocenters. The van der Waals surface area contributed by atoms with Crippen LogP contribution in [0.25, 0.3) is 0 Å². The Morgan fingerprint density at radius 3 is 2.30 bits per heavy atom. The first kappa shape index (κ1) is 13.4. The van der Waals surface area contributed by atoms with Gasteiger partial charge in [0.25, 0.3) is 0 Å². The van der Waals surface area contributed by atoms with Crippen molar-refractivity contribution in [1.82, 2.24) is 0 Å². The maximum atomic E-state index is 5.19. The first-order chi connectivity index (χ1) is 4.91. The van der Waals surface area contributed by atoms with E-state index in [1.165, 1.54) is 42.0 Å². The average Bonchev–Trinajstić information content (AvgIpc) is 2.02. The molecular weight excluding hydrogens is 241 g/mol. The summed E-state index contributed by atoms with van der Waals surface area (Å²) >= 11 is 4.25. The van der Waals surface area contributed by atoms with Crippen LogP contribution in [0.3, 0.4) is 0 Å². The Hall–Kier alpha value is 0.843. The van der Waals surface area contributed by atoms with Gasteiger partial charge in [0.15, 0.2) is 0 Å². The summed E-state index contributed by atoms with van der Waals surface area (Å²) in [5, 5.41) is 0. The van der Waals surface area contributed by atoms with Crippen LogP contribution in [0.1, 0.15) is 39.0 Å². The predicted octanol–water partition coefficient (Wildman–Crippen LogP) is 3.79. The fourth-order valence-corrected chi connectivity index (χ4v) is 0.689. The second-order valence-corrected chi connectivity index (χ2v) is 2.09. The fraction of sp³-hybridized carbons (Fsp3) is 0.750. The minimum absolute atomic E-state index is 1.08. The zero-order valence-corrected chi connectivity index (χ0v) is 11.3. The van der Waals surface area contributed by atoms with Gasteiger partial charge >= 0.3 is 30.0 Å². The molecule has 0 spiro atoms. The van der Waals surface area contributed by atoms with Crippen LogP contribution in [0.5, 0.6) is 0 Å². The molecule has 0 aliphatic heterocycles. The van der Waals surface area contributed by atoms with E-state index in [9.17, 15) is 0 Å². The Balaban J connectivity index is 0. The molecule has 0 unspecified atom stereocenters. The van der Waals surface area contributed by atoms with Gasteiger partial charge in [0.2, 0.25) is 0 Å². The van der Waals surface area contributed by atoms with Gasteiger partial charge in [-0.2, -0.15) is 0 Å². The topological polar surface area (TPSA) is 0 Å². The quantitative estimate of drug-likeness (QED) is 0.399. The van der Waals surface area contributed by atoms with Crippen molar-refractivity contribution in [3.8, 4) is 0 Å². The molecule has 0 aliphatic rings. The van der Waals surface area contributed by atoms with E-state index < -0.39 is 0 Å². The molecule has 0 fully saturated rings. The number of rotatable bonds is 5. The second kappa shape index (κ2) is 16.4. The Kier molecular flexibility index (Phi) is 22.1. The van der Waals surface area contributed by atoms with Gasteiger partial charge < -0.3 is 6.58 Å². The number of unbranched alkanes of at least 4 members (excludes halogenated alkanes) is 4. The summed E-state index contributed by atoms with van der Waals surface area (Å²) < 4.78 is 0. The Bertz CT molecular complexity index is 55.2. The molecule has 56 valence electrons. The zero-order chi connectivity index (χ0) is 8.24. The summed E-state index contributed by atoms with van der Waals surface area (Å²) in [4.78, 5) is 0. The van der Waals surface area contributed by atoms with E-state index in [0.717, 1.165) is 6.42 Å². The molecular formula is C8H15BrZn. The maximum absolute atomic E-state index is 5.19. The van der Waals surface area contributed by atoms with E-state index in [1.54, 1.807) is 6.08 Å². The number of hydrogen-bond donors (Lipinski definition) is 0. The van der Waals surface area contributed by atoms with Crippen LogP contribution in [-0.2, 0) is 16.3 Å².